The van der Waals surface area contributed by atoms with Crippen molar-refractivity contribution in [2.45, 2.75) is 0 Å². The molecule has 296 valence electrons. The van der Waals surface area contributed by atoms with E-state index in [2.05, 4.69) is 264 Å². The van der Waals surface area contributed by atoms with Crippen LogP contribution in [-0.4, -0.2) is 17.2 Å². The van der Waals surface area contributed by atoms with Crippen molar-refractivity contribution < 1.29 is 0 Å². The number of hydrogen-bond donors (Lipinski definition) is 0. The van der Waals surface area contributed by atoms with Crippen LogP contribution in [0.4, 0.5) is 0 Å². The lowest BCUT2D eigenvalue weighted by molar-refractivity contribution is 1.15. The smallest absolute Gasteiger partial charge is 0.180 e. The molecule has 0 saturated heterocycles. The zero-order chi connectivity index (χ0) is 41.7. The molecule has 0 aliphatic rings. The van der Waals surface area contributed by atoms with Gasteiger partial charge >= 0.3 is 0 Å². The summed E-state index contributed by atoms with van der Waals surface area (Å²) in [5, 5.41) is 10.4. The molecule has 12 aromatic rings. The van der Waals surface area contributed by atoms with Crippen molar-refractivity contribution in [3.63, 3.8) is 0 Å². The highest BCUT2D eigenvalue weighted by atomic mass is 28.3. The molecule has 0 saturated carbocycles. The van der Waals surface area contributed by atoms with Crippen LogP contribution in [0.5, 0.6) is 0 Å². The molecule has 0 unspecified atom stereocenters. The zero-order valence-electron chi connectivity index (χ0n) is 34.6. The van der Waals surface area contributed by atoms with Crippen LogP contribution in [0.25, 0.3) is 77.2 Å². The highest BCUT2D eigenvalue weighted by Gasteiger charge is 2.43. The number of benzene rings is 10. The Kier molecular flexibility index (Phi) is 8.87. The lowest BCUT2D eigenvalue weighted by atomic mass is 10.0. The molecule has 0 aliphatic heterocycles. The minimum absolute atomic E-state index is 1.13. The van der Waals surface area contributed by atoms with Gasteiger partial charge in [0.05, 0.1) is 22.1 Å². The van der Waals surface area contributed by atoms with Crippen molar-refractivity contribution in [1.29, 1.82) is 0 Å². The predicted molar refractivity (Wildman–Crippen MR) is 270 cm³/mol. The molecule has 2 aromatic heterocycles. The molecule has 0 amide bonds. The summed E-state index contributed by atoms with van der Waals surface area (Å²) < 4.78 is 4.96. The van der Waals surface area contributed by atoms with E-state index in [1.807, 2.05) is 0 Å². The Labute approximate surface area is 368 Å². The van der Waals surface area contributed by atoms with Gasteiger partial charge in [-0.3, -0.25) is 0 Å². The average molecular weight is 819 g/mol. The van der Waals surface area contributed by atoms with Gasteiger partial charge in [-0.15, -0.1) is 0 Å². The maximum absolute atomic E-state index is 2.98. The van der Waals surface area contributed by atoms with Crippen LogP contribution in [0.15, 0.2) is 255 Å². The van der Waals surface area contributed by atoms with E-state index in [4.69, 9.17) is 0 Å². The first-order valence-electron chi connectivity index (χ1n) is 21.8. The summed E-state index contributed by atoms with van der Waals surface area (Å²) >= 11 is 0. The number of para-hydroxylation sites is 2. The molecule has 10 aromatic carbocycles. The number of fused-ring (bicyclic) bond motifs is 6. The van der Waals surface area contributed by atoms with E-state index < -0.39 is 8.07 Å². The van der Waals surface area contributed by atoms with Crippen molar-refractivity contribution in [3.8, 4) is 33.6 Å². The highest BCUT2D eigenvalue weighted by molar-refractivity contribution is 7.20. The van der Waals surface area contributed by atoms with Crippen molar-refractivity contribution >= 4 is 72.4 Å². The lowest BCUT2D eigenvalue weighted by Crippen LogP contribution is -2.75. The standard InChI is InChI=1S/C60H42N2Si/c1-6-20-43(21-7-1)44-34-36-46(37-35-44)61-56-32-18-16-30-51(56)53-39-38-47(40-58(53)61)62-57-33-19-17-31-52(57)55-41-54(45-22-8-2-9-23-45)60(42-59(55)62)63(48-24-10-3-11-25-48,49-26-12-4-13-27-49)50-28-14-5-15-29-50/h1-42H. The van der Waals surface area contributed by atoms with Gasteiger partial charge < -0.3 is 9.13 Å². The van der Waals surface area contributed by atoms with Crippen molar-refractivity contribution in [3.05, 3.63) is 255 Å². The number of rotatable bonds is 8. The molecular weight excluding hydrogens is 777 g/mol. The average Bonchev–Trinajstić information content (AvgIpc) is 3.87. The monoisotopic (exact) mass is 818 g/mol. The first kappa shape index (κ1) is 36.8. The van der Waals surface area contributed by atoms with Crippen LogP contribution in [0.2, 0.25) is 0 Å². The Balaban J connectivity index is 1.18. The van der Waals surface area contributed by atoms with E-state index in [-0.39, 0.29) is 0 Å². The largest absolute Gasteiger partial charge is 0.309 e. The minimum atomic E-state index is -2.98. The number of aromatic nitrogens is 2. The number of hydrogen-bond acceptors (Lipinski definition) is 0. The maximum atomic E-state index is 2.57. The molecule has 0 aliphatic carbocycles. The summed E-state index contributed by atoms with van der Waals surface area (Å²) in [6.07, 6.45) is 0. The maximum Gasteiger partial charge on any atom is 0.180 e. The van der Waals surface area contributed by atoms with E-state index in [1.54, 1.807) is 0 Å². The molecule has 0 radical (unpaired) electrons. The Morgan fingerprint density at radius 3 is 1.21 bits per heavy atom. The predicted octanol–water partition coefficient (Wildman–Crippen LogP) is 12.6. The molecule has 2 heterocycles. The van der Waals surface area contributed by atoms with Crippen molar-refractivity contribution in [2.24, 2.45) is 0 Å². The van der Waals surface area contributed by atoms with Crippen LogP contribution in [0.3, 0.4) is 0 Å². The fourth-order valence-electron chi connectivity index (χ4n) is 10.3. The van der Waals surface area contributed by atoms with Gasteiger partial charge in [0.1, 0.15) is 0 Å². The molecule has 12 rings (SSSR count). The van der Waals surface area contributed by atoms with E-state index >= 15 is 0 Å². The van der Waals surface area contributed by atoms with Crippen molar-refractivity contribution in [2.75, 3.05) is 0 Å². The molecule has 0 spiro atoms. The summed E-state index contributed by atoms with van der Waals surface area (Å²) in [6, 6.07) is 94.4. The normalized spacial score (nSPS) is 11.8. The van der Waals surface area contributed by atoms with Gasteiger partial charge in [0.15, 0.2) is 8.07 Å². The van der Waals surface area contributed by atoms with Gasteiger partial charge in [0, 0.05) is 32.9 Å². The summed E-state index contributed by atoms with van der Waals surface area (Å²) in [4.78, 5) is 0. The molecular formula is C60H42N2Si. The van der Waals surface area contributed by atoms with Crippen LogP contribution in [0.1, 0.15) is 0 Å². The first-order valence-corrected chi connectivity index (χ1v) is 23.8. The summed E-state index contributed by atoms with van der Waals surface area (Å²) in [7, 11) is -2.98. The fourth-order valence-corrected chi connectivity index (χ4v) is 15.3. The van der Waals surface area contributed by atoms with Gasteiger partial charge in [-0.05, 0) is 91.5 Å². The first-order chi connectivity index (χ1) is 31.3. The van der Waals surface area contributed by atoms with Gasteiger partial charge in [0.25, 0.3) is 0 Å². The second kappa shape index (κ2) is 15.2. The molecule has 0 atom stereocenters. The van der Waals surface area contributed by atoms with E-state index in [1.165, 1.54) is 86.6 Å². The van der Waals surface area contributed by atoms with Crippen LogP contribution in [0, 0.1) is 0 Å². The third-order valence-corrected chi connectivity index (χ3v) is 17.9. The second-order valence-electron chi connectivity index (χ2n) is 16.4. The van der Waals surface area contributed by atoms with Crippen LogP contribution >= 0.6 is 0 Å². The number of nitrogens with zero attached hydrogens (tertiary/aromatic N) is 2. The second-order valence-corrected chi connectivity index (χ2v) is 20.2. The van der Waals surface area contributed by atoms with Gasteiger partial charge in [-0.25, -0.2) is 0 Å². The van der Waals surface area contributed by atoms with E-state index in [9.17, 15) is 0 Å². The highest BCUT2D eigenvalue weighted by Crippen LogP contribution is 2.39. The molecule has 63 heavy (non-hydrogen) atoms. The quantitative estimate of drug-likeness (QED) is 0.107. The van der Waals surface area contributed by atoms with E-state index in [0.29, 0.717) is 0 Å². The topological polar surface area (TPSA) is 9.86 Å². The minimum Gasteiger partial charge on any atom is -0.309 e. The molecule has 3 heteroatoms. The SMILES string of the molecule is c1ccc(-c2ccc(-n3c4ccccc4c4ccc(-n5c6ccccc6c6cc(-c7ccccc7)c([Si](c7ccccc7)(c7ccccc7)c7ccccc7)cc65)cc43)cc2)cc1. The van der Waals surface area contributed by atoms with Gasteiger partial charge in [-0.2, -0.15) is 0 Å². The summed E-state index contributed by atoms with van der Waals surface area (Å²) in [5.74, 6) is 0. The van der Waals surface area contributed by atoms with Crippen molar-refractivity contribution in [1.82, 2.24) is 9.13 Å². The van der Waals surface area contributed by atoms with Gasteiger partial charge in [-0.1, -0.05) is 206 Å². The van der Waals surface area contributed by atoms with E-state index in [0.717, 1.165) is 11.4 Å². The molecule has 0 bridgehead atoms. The van der Waals surface area contributed by atoms with Crippen LogP contribution in [-0.2, 0) is 0 Å². The molecule has 0 fully saturated rings. The Morgan fingerprint density at radius 1 is 0.254 bits per heavy atom. The summed E-state index contributed by atoms with van der Waals surface area (Å²) in [5.41, 5.74) is 11.9. The fraction of sp³-hybridized carbons (Fsp3) is 0. The van der Waals surface area contributed by atoms with Gasteiger partial charge in [0.2, 0.25) is 0 Å². The Bertz CT molecular complexity index is 3480. The zero-order valence-corrected chi connectivity index (χ0v) is 35.6. The third kappa shape index (κ3) is 5.93. The lowest BCUT2D eigenvalue weighted by Gasteiger charge is -2.36. The molecule has 2 nitrogen and oxygen atoms in total. The van der Waals surface area contributed by atoms with Crippen LogP contribution < -0.4 is 20.7 Å². The summed E-state index contributed by atoms with van der Waals surface area (Å²) in [6.45, 7) is 0. The molecule has 0 N–H and O–H groups in total. The third-order valence-electron chi connectivity index (χ3n) is 13.1. The Hall–Kier alpha value is -7.98. The Morgan fingerprint density at radius 2 is 0.651 bits per heavy atom.